The molecule has 1 aromatic heterocycles. The first kappa shape index (κ1) is 17.4. The maximum Gasteiger partial charge on any atom is 0.335 e. The molecular formula is C18H14ClN5O2. The molecule has 0 bridgehead atoms. The van der Waals surface area contributed by atoms with Gasteiger partial charge < -0.3 is 15.7 Å². The summed E-state index contributed by atoms with van der Waals surface area (Å²) >= 11 is 5.82. The van der Waals surface area contributed by atoms with Crippen LogP contribution in [0.2, 0.25) is 0 Å². The number of benzene rings is 2. The second kappa shape index (κ2) is 7.62. The molecule has 3 aromatic rings. The van der Waals surface area contributed by atoms with Crippen molar-refractivity contribution in [2.24, 2.45) is 0 Å². The van der Waals surface area contributed by atoms with Gasteiger partial charge in [0, 0.05) is 17.6 Å². The van der Waals surface area contributed by atoms with Crippen LogP contribution in [0.25, 0.3) is 0 Å². The Kier molecular flexibility index (Phi) is 5.09. The zero-order chi connectivity index (χ0) is 18.5. The molecule has 4 N–H and O–H groups in total. The molecule has 0 unspecified atom stereocenters. The van der Waals surface area contributed by atoms with Crippen molar-refractivity contribution >= 4 is 45.9 Å². The minimum absolute atomic E-state index is 0.180. The summed E-state index contributed by atoms with van der Waals surface area (Å²) < 4.78 is 0. The van der Waals surface area contributed by atoms with Crippen LogP contribution < -0.4 is 10.6 Å². The summed E-state index contributed by atoms with van der Waals surface area (Å²) in [5.41, 5.74) is 1.98. The third-order valence-corrected chi connectivity index (χ3v) is 3.65. The number of anilines is 4. The van der Waals surface area contributed by atoms with Crippen LogP contribution in [0.4, 0.5) is 23.1 Å². The topological polar surface area (TPSA) is 111 Å². The van der Waals surface area contributed by atoms with E-state index in [1.165, 1.54) is 18.3 Å². The highest BCUT2D eigenvalue weighted by molar-refractivity contribution is 6.69. The third kappa shape index (κ3) is 4.14. The predicted octanol–water partition coefficient (Wildman–Crippen LogP) is 4.23. The summed E-state index contributed by atoms with van der Waals surface area (Å²) in [5.74, 6) is -0.323. The van der Waals surface area contributed by atoms with Crippen molar-refractivity contribution in [1.29, 1.82) is 5.41 Å². The van der Waals surface area contributed by atoms with Crippen LogP contribution in [-0.4, -0.2) is 26.2 Å². The van der Waals surface area contributed by atoms with Crippen LogP contribution in [0.3, 0.4) is 0 Å². The van der Waals surface area contributed by atoms with Gasteiger partial charge in [-0.25, -0.2) is 9.78 Å². The number of rotatable bonds is 6. The van der Waals surface area contributed by atoms with E-state index in [-0.39, 0.29) is 16.7 Å². The van der Waals surface area contributed by atoms with Crippen LogP contribution in [0.5, 0.6) is 0 Å². The number of hydrogen-bond acceptors (Lipinski definition) is 6. The normalized spacial score (nSPS) is 10.2. The summed E-state index contributed by atoms with van der Waals surface area (Å²) in [4.78, 5) is 19.4. The quantitative estimate of drug-likeness (QED) is 0.485. The SMILES string of the molecule is N=C(Cl)c1cnc(Nc2ccc(C(=O)O)cc2)nc1Nc1ccccc1. The van der Waals surface area contributed by atoms with Gasteiger partial charge in [-0.1, -0.05) is 29.8 Å². The lowest BCUT2D eigenvalue weighted by molar-refractivity contribution is 0.0697. The lowest BCUT2D eigenvalue weighted by Crippen LogP contribution is -2.06. The maximum atomic E-state index is 10.9. The minimum atomic E-state index is -0.993. The molecule has 1 heterocycles. The van der Waals surface area contributed by atoms with E-state index in [1.54, 1.807) is 12.1 Å². The van der Waals surface area contributed by atoms with Gasteiger partial charge in [0.1, 0.15) is 11.0 Å². The molecule has 2 aromatic carbocycles. The Morgan fingerprint density at radius 3 is 2.27 bits per heavy atom. The van der Waals surface area contributed by atoms with Crippen molar-refractivity contribution in [2.45, 2.75) is 0 Å². The highest BCUT2D eigenvalue weighted by atomic mass is 35.5. The predicted molar refractivity (Wildman–Crippen MR) is 101 cm³/mol. The number of carbonyl (C=O) groups is 1. The molecule has 0 fully saturated rings. The van der Waals surface area contributed by atoms with Crippen molar-refractivity contribution in [3.8, 4) is 0 Å². The Bertz CT molecular complexity index is 946. The average molecular weight is 368 g/mol. The number of halogens is 1. The Hall–Kier alpha value is -3.45. The van der Waals surface area contributed by atoms with Crippen LogP contribution in [0.1, 0.15) is 15.9 Å². The summed E-state index contributed by atoms with van der Waals surface area (Å²) in [5, 5.41) is 22.5. The molecule has 8 heteroatoms. The van der Waals surface area contributed by atoms with E-state index < -0.39 is 5.97 Å². The Balaban J connectivity index is 1.87. The number of aromatic carboxylic acids is 1. The maximum absolute atomic E-state index is 10.9. The van der Waals surface area contributed by atoms with Gasteiger partial charge >= 0.3 is 5.97 Å². The Morgan fingerprint density at radius 2 is 1.65 bits per heavy atom. The van der Waals surface area contributed by atoms with E-state index in [0.717, 1.165) is 5.69 Å². The third-order valence-electron chi connectivity index (χ3n) is 3.45. The fraction of sp³-hybridized carbons (Fsp3) is 0. The second-order valence-electron chi connectivity index (χ2n) is 5.27. The van der Waals surface area contributed by atoms with Crippen molar-refractivity contribution in [1.82, 2.24) is 9.97 Å². The molecule has 0 spiro atoms. The lowest BCUT2D eigenvalue weighted by atomic mass is 10.2. The fourth-order valence-electron chi connectivity index (χ4n) is 2.18. The summed E-state index contributed by atoms with van der Waals surface area (Å²) in [7, 11) is 0. The molecule has 7 nitrogen and oxygen atoms in total. The Morgan fingerprint density at radius 1 is 1.00 bits per heavy atom. The average Bonchev–Trinajstić information content (AvgIpc) is 2.63. The zero-order valence-electron chi connectivity index (χ0n) is 13.4. The molecule has 130 valence electrons. The molecule has 0 aliphatic carbocycles. The van der Waals surface area contributed by atoms with Gasteiger partial charge in [0.15, 0.2) is 0 Å². The Labute approximate surface area is 154 Å². The van der Waals surface area contributed by atoms with E-state index >= 15 is 0 Å². The lowest BCUT2D eigenvalue weighted by Gasteiger charge is -2.12. The highest BCUT2D eigenvalue weighted by Gasteiger charge is 2.11. The van der Waals surface area contributed by atoms with E-state index in [9.17, 15) is 4.79 Å². The number of carboxylic acid groups (broad SMARTS) is 1. The van der Waals surface area contributed by atoms with Crippen molar-refractivity contribution in [2.75, 3.05) is 10.6 Å². The number of carboxylic acids is 1. The van der Waals surface area contributed by atoms with Crippen LogP contribution in [-0.2, 0) is 0 Å². The van der Waals surface area contributed by atoms with Gasteiger partial charge in [-0.15, -0.1) is 0 Å². The molecular weight excluding hydrogens is 354 g/mol. The first-order chi connectivity index (χ1) is 12.5. The molecule has 3 rings (SSSR count). The molecule has 0 saturated heterocycles. The van der Waals surface area contributed by atoms with Gasteiger partial charge in [-0.05, 0) is 36.4 Å². The van der Waals surface area contributed by atoms with E-state index in [4.69, 9.17) is 22.1 Å². The van der Waals surface area contributed by atoms with Crippen LogP contribution >= 0.6 is 11.6 Å². The van der Waals surface area contributed by atoms with Gasteiger partial charge in [-0.3, -0.25) is 5.41 Å². The second-order valence-corrected chi connectivity index (χ2v) is 5.65. The number of aromatic nitrogens is 2. The van der Waals surface area contributed by atoms with Gasteiger partial charge in [0.25, 0.3) is 0 Å². The van der Waals surface area contributed by atoms with Gasteiger partial charge in [0.2, 0.25) is 5.95 Å². The first-order valence-corrected chi connectivity index (χ1v) is 7.94. The minimum Gasteiger partial charge on any atom is -0.478 e. The van der Waals surface area contributed by atoms with Crippen LogP contribution in [0.15, 0.2) is 60.8 Å². The van der Waals surface area contributed by atoms with Gasteiger partial charge in [-0.2, -0.15) is 4.98 Å². The molecule has 0 aliphatic rings. The van der Waals surface area contributed by atoms with E-state index in [2.05, 4.69) is 20.6 Å². The monoisotopic (exact) mass is 367 g/mol. The van der Waals surface area contributed by atoms with E-state index in [1.807, 2.05) is 30.3 Å². The van der Waals surface area contributed by atoms with E-state index in [0.29, 0.717) is 17.1 Å². The first-order valence-electron chi connectivity index (χ1n) is 7.57. The largest absolute Gasteiger partial charge is 0.478 e. The smallest absolute Gasteiger partial charge is 0.335 e. The highest BCUT2D eigenvalue weighted by Crippen LogP contribution is 2.22. The number of nitrogens with one attached hydrogen (secondary N) is 3. The van der Waals surface area contributed by atoms with Gasteiger partial charge in [0.05, 0.1) is 11.1 Å². The summed E-state index contributed by atoms with van der Waals surface area (Å²) in [6, 6.07) is 15.6. The molecule has 0 atom stereocenters. The standard InChI is InChI=1S/C18H14ClN5O2/c19-15(20)14-10-21-18(23-13-8-6-11(7-9-13)17(25)26)24-16(14)22-12-4-2-1-3-5-12/h1-10,20H,(H,25,26)(H2,21,22,23,24). The number of nitrogens with zero attached hydrogens (tertiary/aromatic N) is 2. The molecule has 0 radical (unpaired) electrons. The molecule has 0 saturated carbocycles. The number of hydrogen-bond donors (Lipinski definition) is 4. The van der Waals surface area contributed by atoms with Crippen LogP contribution in [0, 0.1) is 5.41 Å². The molecule has 26 heavy (non-hydrogen) atoms. The number of para-hydroxylation sites is 1. The molecule has 0 aliphatic heterocycles. The van der Waals surface area contributed by atoms with Crippen molar-refractivity contribution in [3.63, 3.8) is 0 Å². The summed E-state index contributed by atoms with van der Waals surface area (Å²) in [6.07, 6.45) is 1.45. The zero-order valence-corrected chi connectivity index (χ0v) is 14.2. The summed E-state index contributed by atoms with van der Waals surface area (Å²) in [6.45, 7) is 0. The van der Waals surface area contributed by atoms with Crippen molar-refractivity contribution in [3.05, 3.63) is 71.9 Å². The van der Waals surface area contributed by atoms with Crippen molar-refractivity contribution < 1.29 is 9.90 Å². The fourth-order valence-corrected chi connectivity index (χ4v) is 2.32. The molecule has 0 amide bonds.